The highest BCUT2D eigenvalue weighted by molar-refractivity contribution is 5.92. The summed E-state index contributed by atoms with van der Waals surface area (Å²) in [7, 11) is 1.12. The summed E-state index contributed by atoms with van der Waals surface area (Å²) in [6, 6.07) is 5.43. The minimum absolute atomic E-state index is 0. The molecule has 0 aromatic heterocycles. The van der Waals surface area contributed by atoms with Crippen molar-refractivity contribution < 1.29 is 31.8 Å². The van der Waals surface area contributed by atoms with E-state index in [-0.39, 0.29) is 23.7 Å². The van der Waals surface area contributed by atoms with Crippen LogP contribution in [0, 0.1) is 23.3 Å². The van der Waals surface area contributed by atoms with E-state index in [4.69, 9.17) is 4.74 Å². The van der Waals surface area contributed by atoms with Crippen LogP contribution in [0.3, 0.4) is 0 Å². The van der Waals surface area contributed by atoms with Gasteiger partial charge in [0.2, 0.25) is 17.4 Å². The van der Waals surface area contributed by atoms with E-state index in [1.807, 2.05) is 0 Å². The predicted octanol–water partition coefficient (Wildman–Crippen LogP) is 5.74. The molecule has 0 aliphatic carbocycles. The van der Waals surface area contributed by atoms with E-state index >= 15 is 0 Å². The lowest BCUT2D eigenvalue weighted by atomic mass is 10.1. The maximum Gasteiger partial charge on any atom is 0.341 e. The molecule has 2 aromatic rings. The highest BCUT2D eigenvalue weighted by atomic mass is 35.5. The Hall–Kier alpha value is -2.58. The number of carbonyl (C=O) groups is 1. The lowest BCUT2D eigenvalue weighted by molar-refractivity contribution is 0.0597. The standard InChI is InChI=1S/C22H21F4NO3.ClH/c1-29-22(28)14-8-3-4-10-16(14)30-21-19(25)17(23)15(18(24)20(21)26)9-7-13-27-11-5-2-6-12-27;/h3-4,7-10H,2,5-6,11-13H2,1H3;1H. The molecule has 0 radical (unpaired) electrons. The van der Waals surface area contributed by atoms with Crippen molar-refractivity contribution in [2.75, 3.05) is 26.7 Å². The van der Waals surface area contributed by atoms with E-state index < -0.39 is 40.6 Å². The van der Waals surface area contributed by atoms with Crippen molar-refractivity contribution in [1.29, 1.82) is 0 Å². The molecule has 1 aliphatic rings. The largest absolute Gasteiger partial charge is 0.465 e. The van der Waals surface area contributed by atoms with Crippen molar-refractivity contribution in [2.24, 2.45) is 0 Å². The number of rotatable bonds is 6. The average molecular weight is 460 g/mol. The van der Waals surface area contributed by atoms with Crippen molar-refractivity contribution in [3.8, 4) is 11.5 Å². The van der Waals surface area contributed by atoms with Crippen molar-refractivity contribution in [3.63, 3.8) is 0 Å². The minimum Gasteiger partial charge on any atom is -0.465 e. The molecule has 1 fully saturated rings. The van der Waals surface area contributed by atoms with Gasteiger partial charge in [-0.3, -0.25) is 4.90 Å². The maximum absolute atomic E-state index is 14.5. The Balaban J connectivity index is 0.00000341. The molecule has 0 saturated carbocycles. The van der Waals surface area contributed by atoms with Crippen LogP contribution >= 0.6 is 12.4 Å². The molecule has 0 bridgehead atoms. The van der Waals surface area contributed by atoms with Gasteiger partial charge in [-0.2, -0.15) is 8.78 Å². The Kier molecular flexibility index (Phi) is 8.88. The van der Waals surface area contributed by atoms with Gasteiger partial charge in [0.25, 0.3) is 0 Å². The molecule has 1 heterocycles. The van der Waals surface area contributed by atoms with Gasteiger partial charge in [0.1, 0.15) is 11.3 Å². The zero-order chi connectivity index (χ0) is 21.7. The number of esters is 1. The lowest BCUT2D eigenvalue weighted by Gasteiger charge is -2.24. The van der Waals surface area contributed by atoms with Crippen molar-refractivity contribution in [2.45, 2.75) is 19.3 Å². The van der Waals surface area contributed by atoms with E-state index in [1.54, 1.807) is 0 Å². The summed E-state index contributed by atoms with van der Waals surface area (Å²) < 4.78 is 67.6. The number of hydrogen-bond donors (Lipinski definition) is 0. The molecule has 0 atom stereocenters. The Morgan fingerprint density at radius 1 is 1.00 bits per heavy atom. The molecule has 3 rings (SSSR count). The molecule has 0 unspecified atom stereocenters. The van der Waals surface area contributed by atoms with Gasteiger partial charge >= 0.3 is 5.97 Å². The Morgan fingerprint density at radius 2 is 1.61 bits per heavy atom. The van der Waals surface area contributed by atoms with Crippen LogP contribution in [0.5, 0.6) is 11.5 Å². The number of halogens is 5. The van der Waals surface area contributed by atoms with Crippen LogP contribution < -0.4 is 4.74 Å². The Morgan fingerprint density at radius 3 is 2.23 bits per heavy atom. The molecule has 31 heavy (non-hydrogen) atoms. The summed E-state index contributed by atoms with van der Waals surface area (Å²) in [5, 5.41) is 0. The smallest absolute Gasteiger partial charge is 0.341 e. The Bertz CT molecular complexity index is 933. The molecular weight excluding hydrogens is 438 g/mol. The SMILES string of the molecule is COC(=O)c1ccccc1Oc1c(F)c(F)c(C=CCN2CCCCC2)c(F)c1F.Cl. The van der Waals surface area contributed by atoms with E-state index in [0.29, 0.717) is 6.54 Å². The highest BCUT2D eigenvalue weighted by Gasteiger charge is 2.27. The van der Waals surface area contributed by atoms with Crippen LogP contribution in [-0.4, -0.2) is 37.6 Å². The normalized spacial score (nSPS) is 14.4. The summed E-state index contributed by atoms with van der Waals surface area (Å²) >= 11 is 0. The third-order valence-electron chi connectivity index (χ3n) is 4.86. The van der Waals surface area contributed by atoms with Gasteiger partial charge in [-0.05, 0) is 38.1 Å². The predicted molar refractivity (Wildman–Crippen MR) is 111 cm³/mol. The molecule has 1 aliphatic heterocycles. The van der Waals surface area contributed by atoms with Crippen molar-refractivity contribution in [3.05, 3.63) is 64.7 Å². The third kappa shape index (κ3) is 5.57. The van der Waals surface area contributed by atoms with Gasteiger partial charge in [-0.25, -0.2) is 13.6 Å². The lowest BCUT2D eigenvalue weighted by Crippen LogP contribution is -2.29. The van der Waals surface area contributed by atoms with E-state index in [2.05, 4.69) is 9.64 Å². The number of hydrogen-bond acceptors (Lipinski definition) is 4. The first-order valence-corrected chi connectivity index (χ1v) is 9.54. The summed E-state index contributed by atoms with van der Waals surface area (Å²) in [5.74, 6) is -8.92. The van der Waals surface area contributed by atoms with Crippen LogP contribution in [0.1, 0.15) is 35.2 Å². The van der Waals surface area contributed by atoms with Crippen molar-refractivity contribution in [1.82, 2.24) is 4.90 Å². The fourth-order valence-electron chi connectivity index (χ4n) is 3.27. The van der Waals surface area contributed by atoms with Gasteiger partial charge in [0, 0.05) is 6.54 Å². The second kappa shape index (κ2) is 11.2. The zero-order valence-corrected chi connectivity index (χ0v) is 17.6. The number of piperidine rings is 1. The van der Waals surface area contributed by atoms with Gasteiger partial charge in [-0.1, -0.05) is 30.7 Å². The van der Waals surface area contributed by atoms with Crippen LogP contribution in [0.15, 0.2) is 30.3 Å². The molecule has 0 spiro atoms. The maximum atomic E-state index is 14.5. The van der Waals surface area contributed by atoms with Crippen LogP contribution in [0.4, 0.5) is 17.6 Å². The van der Waals surface area contributed by atoms with Crippen LogP contribution in [0.25, 0.3) is 6.08 Å². The summed E-state index contributed by atoms with van der Waals surface area (Å²) in [4.78, 5) is 13.9. The number of ether oxygens (including phenoxy) is 2. The summed E-state index contributed by atoms with van der Waals surface area (Å²) in [6.07, 6.45) is 5.72. The quantitative estimate of drug-likeness (QED) is 0.313. The molecule has 168 valence electrons. The monoisotopic (exact) mass is 459 g/mol. The molecule has 0 amide bonds. The molecule has 4 nitrogen and oxygen atoms in total. The first kappa shape index (κ1) is 24.7. The number of nitrogens with zero attached hydrogens (tertiary/aromatic N) is 1. The van der Waals surface area contributed by atoms with E-state index in [9.17, 15) is 22.4 Å². The van der Waals surface area contributed by atoms with E-state index in [1.165, 1.54) is 30.3 Å². The van der Waals surface area contributed by atoms with Gasteiger partial charge < -0.3 is 9.47 Å². The van der Waals surface area contributed by atoms with E-state index in [0.717, 1.165) is 45.5 Å². The molecule has 0 N–H and O–H groups in total. The molecule has 1 saturated heterocycles. The first-order valence-electron chi connectivity index (χ1n) is 9.54. The molecule has 2 aromatic carbocycles. The van der Waals surface area contributed by atoms with Gasteiger partial charge in [0.15, 0.2) is 11.6 Å². The second-order valence-corrected chi connectivity index (χ2v) is 6.85. The fourth-order valence-corrected chi connectivity index (χ4v) is 3.27. The molecular formula is C22H22ClF4NO3. The van der Waals surface area contributed by atoms with Gasteiger partial charge in [-0.15, -0.1) is 12.4 Å². The minimum atomic E-state index is -1.69. The number of benzene rings is 2. The summed E-state index contributed by atoms with van der Waals surface area (Å²) in [5.41, 5.74) is -0.972. The first-order chi connectivity index (χ1) is 14.4. The third-order valence-corrected chi connectivity index (χ3v) is 4.86. The van der Waals surface area contributed by atoms with Crippen molar-refractivity contribution >= 4 is 24.5 Å². The number of methoxy groups -OCH3 is 1. The Labute approximate surface area is 183 Å². The molecule has 9 heteroatoms. The van der Waals surface area contributed by atoms with Gasteiger partial charge in [0.05, 0.1) is 12.7 Å². The number of likely N-dealkylation sites (tertiary alicyclic amines) is 1. The van der Waals surface area contributed by atoms with Crippen LogP contribution in [0.2, 0.25) is 0 Å². The van der Waals surface area contributed by atoms with Crippen LogP contribution in [-0.2, 0) is 4.74 Å². The summed E-state index contributed by atoms with van der Waals surface area (Å²) in [6.45, 7) is 2.15. The second-order valence-electron chi connectivity index (χ2n) is 6.85. The number of carbonyl (C=O) groups excluding carboxylic acids is 1. The fraction of sp³-hybridized carbons (Fsp3) is 0.318. The average Bonchev–Trinajstić information content (AvgIpc) is 2.78. The highest BCUT2D eigenvalue weighted by Crippen LogP contribution is 2.35. The zero-order valence-electron chi connectivity index (χ0n) is 16.8. The topological polar surface area (TPSA) is 38.8 Å². The number of para-hydroxylation sites is 1.